The van der Waals surface area contributed by atoms with E-state index in [2.05, 4.69) is 4.94 Å². The maximum absolute atomic E-state index is 13.3. The maximum atomic E-state index is 13.3. The molecular weight excluding hydrogens is 340 g/mol. The standard InChI is InChI=1S/C18H16F4O3/c1-12(17(23)25-22)9-14-7-8-16(15(10-14)18(19,20)21)24-11-13-5-3-2-4-6-13/h2-8,10,12H,9,11H2,1H3. The van der Waals surface area contributed by atoms with Gasteiger partial charge < -0.3 is 4.74 Å². The molecule has 25 heavy (non-hydrogen) atoms. The molecule has 0 saturated carbocycles. The number of ether oxygens (including phenoxy) is 1. The molecule has 7 heteroatoms. The number of carbonyl (C=O) groups excluding carboxylic acids is 1. The Morgan fingerprint density at radius 2 is 1.76 bits per heavy atom. The molecule has 1 unspecified atom stereocenters. The van der Waals surface area contributed by atoms with Crippen molar-refractivity contribution >= 4 is 5.97 Å². The summed E-state index contributed by atoms with van der Waals surface area (Å²) >= 11 is 0. The van der Waals surface area contributed by atoms with Gasteiger partial charge in [0.1, 0.15) is 12.4 Å². The van der Waals surface area contributed by atoms with Gasteiger partial charge in [0, 0.05) is 4.53 Å². The third-order valence-electron chi connectivity index (χ3n) is 3.61. The van der Waals surface area contributed by atoms with Crippen LogP contribution in [0, 0.1) is 5.92 Å². The number of benzene rings is 2. The Balaban J connectivity index is 2.20. The van der Waals surface area contributed by atoms with E-state index >= 15 is 0 Å². The number of rotatable bonds is 6. The molecule has 0 aliphatic heterocycles. The van der Waals surface area contributed by atoms with E-state index in [1.54, 1.807) is 30.3 Å². The third-order valence-corrected chi connectivity index (χ3v) is 3.61. The second kappa shape index (κ2) is 8.00. The highest BCUT2D eigenvalue weighted by molar-refractivity contribution is 5.71. The zero-order valence-corrected chi connectivity index (χ0v) is 13.3. The summed E-state index contributed by atoms with van der Waals surface area (Å²) in [7, 11) is 0. The van der Waals surface area contributed by atoms with E-state index in [1.807, 2.05) is 0 Å². The maximum Gasteiger partial charge on any atom is 0.419 e. The van der Waals surface area contributed by atoms with Gasteiger partial charge in [-0.25, -0.2) is 4.79 Å². The van der Waals surface area contributed by atoms with Crippen LogP contribution in [0.15, 0.2) is 48.5 Å². The highest BCUT2D eigenvalue weighted by atomic mass is 19.4. The molecule has 2 aromatic rings. The van der Waals surface area contributed by atoms with Crippen LogP contribution in [0.1, 0.15) is 23.6 Å². The molecule has 1 atom stereocenters. The van der Waals surface area contributed by atoms with E-state index < -0.39 is 23.6 Å². The van der Waals surface area contributed by atoms with Crippen molar-refractivity contribution in [3.05, 3.63) is 65.2 Å². The summed E-state index contributed by atoms with van der Waals surface area (Å²) in [5, 5.41) is 0. The summed E-state index contributed by atoms with van der Waals surface area (Å²) in [6.45, 7) is 1.36. The van der Waals surface area contributed by atoms with Crippen molar-refractivity contribution in [2.45, 2.75) is 26.1 Å². The van der Waals surface area contributed by atoms with Crippen molar-refractivity contribution < 1.29 is 32.2 Å². The molecule has 0 aliphatic carbocycles. The van der Waals surface area contributed by atoms with Gasteiger partial charge in [-0.3, -0.25) is 4.94 Å². The van der Waals surface area contributed by atoms with E-state index in [4.69, 9.17) is 4.74 Å². The van der Waals surface area contributed by atoms with Gasteiger partial charge in [-0.05, 0) is 29.7 Å². The summed E-state index contributed by atoms with van der Waals surface area (Å²) in [6, 6.07) is 12.3. The van der Waals surface area contributed by atoms with Crippen molar-refractivity contribution in [2.75, 3.05) is 0 Å². The number of alkyl halides is 3. The lowest BCUT2D eigenvalue weighted by Crippen LogP contribution is -2.15. The quantitative estimate of drug-likeness (QED) is 0.691. The highest BCUT2D eigenvalue weighted by Crippen LogP contribution is 2.37. The Labute approximate surface area is 142 Å². The summed E-state index contributed by atoms with van der Waals surface area (Å²) in [5.41, 5.74) is 0.0260. The summed E-state index contributed by atoms with van der Waals surface area (Å²) in [5.74, 6) is -2.33. The second-order valence-electron chi connectivity index (χ2n) is 5.60. The SMILES string of the molecule is CC(Cc1ccc(OCc2ccccc2)c(C(F)(F)F)c1)C(=O)OF. The normalized spacial score (nSPS) is 12.5. The van der Waals surface area contributed by atoms with Crippen LogP contribution in [0.4, 0.5) is 17.7 Å². The van der Waals surface area contributed by atoms with Crippen molar-refractivity contribution in [1.82, 2.24) is 0 Å². The minimum absolute atomic E-state index is 0.00610. The number of carbonyl (C=O) groups is 1. The molecule has 0 radical (unpaired) electrons. The lowest BCUT2D eigenvalue weighted by molar-refractivity contribution is -0.188. The van der Waals surface area contributed by atoms with Crippen molar-refractivity contribution in [2.24, 2.45) is 5.92 Å². The highest BCUT2D eigenvalue weighted by Gasteiger charge is 2.35. The van der Waals surface area contributed by atoms with Gasteiger partial charge in [0.15, 0.2) is 0 Å². The van der Waals surface area contributed by atoms with E-state index in [9.17, 15) is 22.5 Å². The molecule has 0 amide bonds. The van der Waals surface area contributed by atoms with Gasteiger partial charge in [-0.15, -0.1) is 0 Å². The minimum atomic E-state index is -4.62. The zero-order chi connectivity index (χ0) is 18.4. The molecular formula is C18H16F4O3. The first-order valence-corrected chi connectivity index (χ1v) is 7.50. The molecule has 0 aliphatic rings. The topological polar surface area (TPSA) is 35.5 Å². The molecule has 2 rings (SSSR count). The predicted octanol–water partition coefficient (Wildman–Crippen LogP) is 4.89. The average Bonchev–Trinajstić information content (AvgIpc) is 2.59. The molecule has 0 fully saturated rings. The monoisotopic (exact) mass is 356 g/mol. The molecule has 134 valence electrons. The molecule has 0 heterocycles. The smallest absolute Gasteiger partial charge is 0.419 e. The molecule has 0 bridgehead atoms. The Kier molecular flexibility index (Phi) is 6.01. The fourth-order valence-electron chi connectivity index (χ4n) is 2.30. The summed E-state index contributed by atoms with van der Waals surface area (Å²) < 4.78 is 57.0. The first kappa shape index (κ1) is 18.8. The van der Waals surface area contributed by atoms with Crippen LogP contribution in [0.25, 0.3) is 0 Å². The van der Waals surface area contributed by atoms with E-state index in [0.717, 1.165) is 11.6 Å². The van der Waals surface area contributed by atoms with Crippen molar-refractivity contribution in [3.8, 4) is 5.75 Å². The lowest BCUT2D eigenvalue weighted by Gasteiger charge is -2.16. The van der Waals surface area contributed by atoms with Gasteiger partial charge in [0.25, 0.3) is 0 Å². The molecule has 3 nitrogen and oxygen atoms in total. The first-order chi connectivity index (χ1) is 11.8. The Morgan fingerprint density at radius 1 is 1.08 bits per heavy atom. The van der Waals surface area contributed by atoms with Crippen molar-refractivity contribution in [3.63, 3.8) is 0 Å². The Hall–Kier alpha value is -2.57. The lowest BCUT2D eigenvalue weighted by atomic mass is 9.99. The van der Waals surface area contributed by atoms with Crippen LogP contribution < -0.4 is 4.74 Å². The van der Waals surface area contributed by atoms with Crippen LogP contribution in [-0.2, 0) is 28.9 Å². The van der Waals surface area contributed by atoms with E-state index in [-0.39, 0.29) is 24.3 Å². The third kappa shape index (κ3) is 5.20. The zero-order valence-electron chi connectivity index (χ0n) is 13.3. The number of halogens is 4. The summed E-state index contributed by atoms with van der Waals surface area (Å²) in [6.07, 6.45) is -4.70. The van der Waals surface area contributed by atoms with Gasteiger partial charge in [0.2, 0.25) is 0 Å². The Bertz CT molecular complexity index is 714. The number of hydrogen-bond acceptors (Lipinski definition) is 3. The van der Waals surface area contributed by atoms with Crippen molar-refractivity contribution in [1.29, 1.82) is 0 Å². The first-order valence-electron chi connectivity index (χ1n) is 7.50. The molecule has 0 N–H and O–H groups in total. The molecule has 0 spiro atoms. The van der Waals surface area contributed by atoms with Crippen LogP contribution in [0.5, 0.6) is 5.75 Å². The van der Waals surface area contributed by atoms with Crippen LogP contribution in [0.2, 0.25) is 0 Å². The fourth-order valence-corrected chi connectivity index (χ4v) is 2.30. The largest absolute Gasteiger partial charge is 0.488 e. The van der Waals surface area contributed by atoms with Gasteiger partial charge in [-0.1, -0.05) is 43.3 Å². The Morgan fingerprint density at radius 3 is 2.36 bits per heavy atom. The van der Waals surface area contributed by atoms with Crippen LogP contribution in [0.3, 0.4) is 0 Å². The molecule has 0 aromatic heterocycles. The van der Waals surface area contributed by atoms with Gasteiger partial charge >= 0.3 is 12.1 Å². The van der Waals surface area contributed by atoms with E-state index in [1.165, 1.54) is 19.1 Å². The second-order valence-corrected chi connectivity index (χ2v) is 5.60. The van der Waals surface area contributed by atoms with Crippen LogP contribution in [-0.4, -0.2) is 5.97 Å². The van der Waals surface area contributed by atoms with E-state index in [0.29, 0.717) is 0 Å². The number of hydrogen-bond donors (Lipinski definition) is 0. The fraction of sp³-hybridized carbons (Fsp3) is 0.278. The predicted molar refractivity (Wildman–Crippen MR) is 82.3 cm³/mol. The average molecular weight is 356 g/mol. The summed E-state index contributed by atoms with van der Waals surface area (Å²) in [4.78, 5) is 14.2. The molecule has 0 saturated heterocycles. The minimum Gasteiger partial charge on any atom is -0.488 e. The van der Waals surface area contributed by atoms with Gasteiger partial charge in [-0.2, -0.15) is 13.2 Å². The molecule has 2 aromatic carbocycles. The van der Waals surface area contributed by atoms with Gasteiger partial charge in [0.05, 0.1) is 11.5 Å². The van der Waals surface area contributed by atoms with Crippen LogP contribution >= 0.6 is 0 Å².